The quantitative estimate of drug-likeness (QED) is 0.775. The third-order valence-corrected chi connectivity index (χ3v) is 3.73. The lowest BCUT2D eigenvalue weighted by atomic mass is 9.82. The topological polar surface area (TPSA) is 12.0 Å². The molecule has 0 aliphatic rings. The van der Waals surface area contributed by atoms with E-state index < -0.39 is 0 Å². The van der Waals surface area contributed by atoms with Gasteiger partial charge in [-0.15, -0.1) is 0 Å². The third-order valence-electron chi connectivity index (χ3n) is 3.73. The van der Waals surface area contributed by atoms with Gasteiger partial charge in [0.2, 0.25) is 0 Å². The van der Waals surface area contributed by atoms with Crippen LogP contribution in [-0.2, 0) is 0 Å². The fourth-order valence-corrected chi connectivity index (χ4v) is 2.59. The van der Waals surface area contributed by atoms with E-state index in [1.54, 1.807) is 0 Å². The minimum Gasteiger partial charge on any atom is -0.316 e. The predicted octanol–water partition coefficient (Wildman–Crippen LogP) is 4.59. The van der Waals surface area contributed by atoms with Crippen molar-refractivity contribution in [3.63, 3.8) is 0 Å². The van der Waals surface area contributed by atoms with Gasteiger partial charge in [-0.2, -0.15) is 0 Å². The first-order valence-corrected chi connectivity index (χ1v) is 7.20. The zero-order valence-corrected chi connectivity index (χ0v) is 12.7. The molecular weight excluding hydrogens is 218 g/mol. The second kappa shape index (κ2) is 6.94. The molecule has 0 heterocycles. The lowest BCUT2D eigenvalue weighted by Gasteiger charge is -2.29. The van der Waals surface area contributed by atoms with Crippen molar-refractivity contribution in [1.82, 2.24) is 5.32 Å². The van der Waals surface area contributed by atoms with Gasteiger partial charge in [-0.25, -0.2) is 0 Å². The van der Waals surface area contributed by atoms with E-state index >= 15 is 0 Å². The molecular formula is C17H29N. The summed E-state index contributed by atoms with van der Waals surface area (Å²) in [5.74, 6) is 0.624. The first-order valence-electron chi connectivity index (χ1n) is 7.20. The van der Waals surface area contributed by atoms with Gasteiger partial charge in [0.05, 0.1) is 0 Å². The van der Waals surface area contributed by atoms with E-state index in [4.69, 9.17) is 0 Å². The van der Waals surface area contributed by atoms with Crippen LogP contribution in [0.1, 0.15) is 58.4 Å². The lowest BCUT2D eigenvalue weighted by molar-refractivity contribution is 0.314. The summed E-state index contributed by atoms with van der Waals surface area (Å²) >= 11 is 0. The third kappa shape index (κ3) is 4.81. The van der Waals surface area contributed by atoms with Gasteiger partial charge in [-0.05, 0) is 43.2 Å². The Labute approximate surface area is 113 Å². The molecule has 0 saturated carbocycles. The summed E-state index contributed by atoms with van der Waals surface area (Å²) < 4.78 is 0. The standard InChI is InChI=1S/C17H29N/c1-6-15(14-10-8-7-9-11-14)16(18-5)12-13-17(2,3)4/h7-11,15-16,18H,6,12-13H2,1-5H3. The Kier molecular flexibility index (Phi) is 5.87. The van der Waals surface area contributed by atoms with Crippen LogP contribution in [0.4, 0.5) is 0 Å². The maximum Gasteiger partial charge on any atom is 0.0133 e. The van der Waals surface area contributed by atoms with Crippen LogP contribution in [0.2, 0.25) is 0 Å². The zero-order chi connectivity index (χ0) is 13.6. The maximum absolute atomic E-state index is 3.52. The molecule has 0 spiro atoms. The normalized spacial score (nSPS) is 15.4. The van der Waals surface area contributed by atoms with Gasteiger partial charge < -0.3 is 5.32 Å². The Morgan fingerprint density at radius 1 is 1.11 bits per heavy atom. The highest BCUT2D eigenvalue weighted by Crippen LogP contribution is 2.29. The zero-order valence-electron chi connectivity index (χ0n) is 12.7. The van der Waals surface area contributed by atoms with Crippen LogP contribution in [0.5, 0.6) is 0 Å². The molecule has 0 saturated heterocycles. The Morgan fingerprint density at radius 3 is 2.17 bits per heavy atom. The summed E-state index contributed by atoms with van der Waals surface area (Å²) in [7, 11) is 2.10. The molecule has 1 aromatic rings. The van der Waals surface area contributed by atoms with Crippen molar-refractivity contribution in [3.05, 3.63) is 35.9 Å². The van der Waals surface area contributed by atoms with Crippen molar-refractivity contribution in [2.75, 3.05) is 7.05 Å². The molecule has 1 aromatic carbocycles. The van der Waals surface area contributed by atoms with Gasteiger partial charge in [-0.1, -0.05) is 58.0 Å². The smallest absolute Gasteiger partial charge is 0.0133 e. The van der Waals surface area contributed by atoms with Crippen molar-refractivity contribution in [2.45, 2.75) is 58.9 Å². The van der Waals surface area contributed by atoms with Crippen LogP contribution in [0.15, 0.2) is 30.3 Å². The molecule has 1 rings (SSSR count). The molecule has 2 atom stereocenters. The summed E-state index contributed by atoms with van der Waals surface area (Å²) in [4.78, 5) is 0. The van der Waals surface area contributed by atoms with Crippen molar-refractivity contribution in [2.24, 2.45) is 5.41 Å². The largest absolute Gasteiger partial charge is 0.316 e. The van der Waals surface area contributed by atoms with Crippen LogP contribution in [0.3, 0.4) is 0 Å². The number of nitrogens with one attached hydrogen (secondary N) is 1. The van der Waals surface area contributed by atoms with Crippen LogP contribution >= 0.6 is 0 Å². The van der Waals surface area contributed by atoms with Gasteiger partial charge >= 0.3 is 0 Å². The highest BCUT2D eigenvalue weighted by molar-refractivity contribution is 5.21. The molecule has 0 bridgehead atoms. The average molecular weight is 247 g/mol. The molecule has 1 N–H and O–H groups in total. The molecule has 0 amide bonds. The summed E-state index contributed by atoms with van der Waals surface area (Å²) in [6, 6.07) is 11.5. The van der Waals surface area contributed by atoms with Crippen molar-refractivity contribution in [1.29, 1.82) is 0 Å². The first kappa shape index (κ1) is 15.2. The first-order chi connectivity index (χ1) is 8.48. The highest BCUT2D eigenvalue weighted by Gasteiger charge is 2.22. The number of benzene rings is 1. The second-order valence-electron chi connectivity index (χ2n) is 6.42. The van der Waals surface area contributed by atoms with Crippen LogP contribution < -0.4 is 5.32 Å². The SMILES string of the molecule is CCC(c1ccccc1)C(CCC(C)(C)C)NC. The van der Waals surface area contributed by atoms with E-state index in [2.05, 4.69) is 70.4 Å². The fourth-order valence-electron chi connectivity index (χ4n) is 2.59. The van der Waals surface area contributed by atoms with E-state index in [1.165, 1.54) is 24.8 Å². The van der Waals surface area contributed by atoms with Gasteiger partial charge in [0.1, 0.15) is 0 Å². The molecule has 0 radical (unpaired) electrons. The summed E-state index contributed by atoms with van der Waals surface area (Å²) in [6.45, 7) is 9.26. The number of rotatable bonds is 6. The van der Waals surface area contributed by atoms with Crippen molar-refractivity contribution < 1.29 is 0 Å². The Hall–Kier alpha value is -0.820. The monoisotopic (exact) mass is 247 g/mol. The minimum atomic E-state index is 0.421. The predicted molar refractivity (Wildman–Crippen MR) is 81.0 cm³/mol. The van der Waals surface area contributed by atoms with Gasteiger partial charge in [-0.3, -0.25) is 0 Å². The summed E-state index contributed by atoms with van der Waals surface area (Å²) in [5.41, 5.74) is 1.89. The van der Waals surface area contributed by atoms with Crippen molar-refractivity contribution in [3.8, 4) is 0 Å². The lowest BCUT2D eigenvalue weighted by Crippen LogP contribution is -2.33. The van der Waals surface area contributed by atoms with Gasteiger partial charge in [0, 0.05) is 6.04 Å². The van der Waals surface area contributed by atoms with E-state index in [9.17, 15) is 0 Å². The minimum absolute atomic E-state index is 0.421. The number of hydrogen-bond acceptors (Lipinski definition) is 1. The fraction of sp³-hybridized carbons (Fsp3) is 0.647. The molecule has 0 fully saturated rings. The molecule has 0 aliphatic heterocycles. The van der Waals surface area contributed by atoms with Crippen LogP contribution in [-0.4, -0.2) is 13.1 Å². The van der Waals surface area contributed by atoms with E-state index in [0.29, 0.717) is 17.4 Å². The summed E-state index contributed by atoms with van der Waals surface area (Å²) in [6.07, 6.45) is 3.70. The maximum atomic E-state index is 3.52. The Balaban J connectivity index is 2.72. The number of hydrogen-bond donors (Lipinski definition) is 1. The van der Waals surface area contributed by atoms with E-state index in [1.807, 2.05) is 0 Å². The average Bonchev–Trinajstić information content (AvgIpc) is 2.34. The Bertz CT molecular complexity index is 323. The summed E-state index contributed by atoms with van der Waals surface area (Å²) in [5, 5.41) is 3.52. The van der Waals surface area contributed by atoms with E-state index in [0.717, 1.165) is 0 Å². The molecule has 102 valence electrons. The van der Waals surface area contributed by atoms with Crippen molar-refractivity contribution >= 4 is 0 Å². The number of likely N-dealkylation sites (N-methyl/N-ethyl adjacent to an activating group) is 1. The molecule has 2 unspecified atom stereocenters. The van der Waals surface area contributed by atoms with Crippen LogP contribution in [0, 0.1) is 5.41 Å². The highest BCUT2D eigenvalue weighted by atomic mass is 14.9. The van der Waals surface area contributed by atoms with Gasteiger partial charge in [0.25, 0.3) is 0 Å². The molecule has 0 aliphatic carbocycles. The second-order valence-corrected chi connectivity index (χ2v) is 6.42. The molecule has 0 aromatic heterocycles. The Morgan fingerprint density at radius 2 is 1.72 bits per heavy atom. The molecule has 1 heteroatoms. The van der Waals surface area contributed by atoms with Crippen LogP contribution in [0.25, 0.3) is 0 Å². The van der Waals surface area contributed by atoms with E-state index in [-0.39, 0.29) is 0 Å². The molecule has 18 heavy (non-hydrogen) atoms. The molecule has 1 nitrogen and oxygen atoms in total. The van der Waals surface area contributed by atoms with Gasteiger partial charge in [0.15, 0.2) is 0 Å².